The summed E-state index contributed by atoms with van der Waals surface area (Å²) < 4.78 is 0. The van der Waals surface area contributed by atoms with Crippen LogP contribution < -0.4 is 0 Å². The maximum atomic E-state index is 12.7. The summed E-state index contributed by atoms with van der Waals surface area (Å²) in [4.78, 5) is 29.3. The number of nitro benzene ring substituents is 1. The van der Waals surface area contributed by atoms with Crippen molar-refractivity contribution in [3.63, 3.8) is 0 Å². The van der Waals surface area contributed by atoms with Crippen LogP contribution in [0.1, 0.15) is 17.5 Å². The molecule has 1 fully saturated rings. The predicted molar refractivity (Wildman–Crippen MR) is 114 cm³/mol. The standard InChI is InChI=1S/C20H18ClN3O3S/c1-14-6-8-16(13-18(14)21)22-20-23(10-3-11-28-20)19(25)9-7-15-4-2-5-17(12-15)24(26)27/h2,4-9,12-13H,3,10-11H2,1H3/b9-7+,22-20?. The van der Waals surface area contributed by atoms with E-state index in [0.29, 0.717) is 28.0 Å². The molecule has 3 rings (SSSR count). The van der Waals surface area contributed by atoms with Gasteiger partial charge in [0, 0.05) is 35.5 Å². The van der Waals surface area contributed by atoms with Crippen LogP contribution in [0.4, 0.5) is 11.4 Å². The smallest absolute Gasteiger partial charge is 0.270 e. The number of aliphatic imine (C=N–C) groups is 1. The maximum Gasteiger partial charge on any atom is 0.270 e. The number of aryl methyl sites for hydroxylation is 1. The van der Waals surface area contributed by atoms with E-state index in [1.807, 2.05) is 19.1 Å². The molecule has 1 aliphatic heterocycles. The number of halogens is 1. The van der Waals surface area contributed by atoms with Crippen LogP contribution in [0.5, 0.6) is 0 Å². The van der Waals surface area contributed by atoms with Gasteiger partial charge in [0.05, 0.1) is 10.6 Å². The monoisotopic (exact) mass is 415 g/mol. The lowest BCUT2D eigenvalue weighted by Crippen LogP contribution is -2.38. The van der Waals surface area contributed by atoms with E-state index in [0.717, 1.165) is 17.7 Å². The highest BCUT2D eigenvalue weighted by molar-refractivity contribution is 8.13. The fourth-order valence-corrected chi connectivity index (χ4v) is 3.76. The third-order valence-electron chi connectivity index (χ3n) is 4.13. The average Bonchev–Trinajstić information content (AvgIpc) is 2.69. The second-order valence-electron chi connectivity index (χ2n) is 6.21. The average molecular weight is 416 g/mol. The summed E-state index contributed by atoms with van der Waals surface area (Å²) >= 11 is 7.69. The Morgan fingerprint density at radius 3 is 2.89 bits per heavy atom. The van der Waals surface area contributed by atoms with Gasteiger partial charge in [0.15, 0.2) is 5.17 Å². The van der Waals surface area contributed by atoms with Crippen LogP contribution in [0.3, 0.4) is 0 Å². The normalized spacial score (nSPS) is 15.9. The van der Waals surface area contributed by atoms with Gasteiger partial charge in [-0.2, -0.15) is 0 Å². The Morgan fingerprint density at radius 1 is 1.32 bits per heavy atom. The highest BCUT2D eigenvalue weighted by Crippen LogP contribution is 2.26. The predicted octanol–water partition coefficient (Wildman–Crippen LogP) is 5.22. The lowest BCUT2D eigenvalue weighted by molar-refractivity contribution is -0.384. The molecule has 0 radical (unpaired) electrons. The van der Waals surface area contributed by atoms with Gasteiger partial charge in [0.1, 0.15) is 0 Å². The summed E-state index contributed by atoms with van der Waals surface area (Å²) in [7, 11) is 0. The first-order chi connectivity index (χ1) is 13.4. The zero-order valence-electron chi connectivity index (χ0n) is 15.2. The molecule has 2 aromatic rings. The van der Waals surface area contributed by atoms with E-state index in [1.54, 1.807) is 29.2 Å². The fourth-order valence-electron chi connectivity index (χ4n) is 2.62. The van der Waals surface area contributed by atoms with E-state index in [4.69, 9.17) is 11.6 Å². The second kappa shape index (κ2) is 9.03. The Kier molecular flexibility index (Phi) is 6.49. The molecule has 0 unspecified atom stereocenters. The number of amidine groups is 1. The molecule has 144 valence electrons. The number of non-ortho nitro benzene ring substituents is 1. The van der Waals surface area contributed by atoms with Crippen molar-refractivity contribution in [1.29, 1.82) is 0 Å². The molecule has 2 aromatic carbocycles. The minimum atomic E-state index is -0.460. The van der Waals surface area contributed by atoms with E-state index in [1.165, 1.54) is 30.0 Å². The molecule has 0 aromatic heterocycles. The minimum absolute atomic E-state index is 0.0124. The van der Waals surface area contributed by atoms with Crippen LogP contribution >= 0.6 is 23.4 Å². The third kappa shape index (κ3) is 4.99. The van der Waals surface area contributed by atoms with Crippen LogP contribution in [-0.4, -0.2) is 33.2 Å². The van der Waals surface area contributed by atoms with Crippen LogP contribution in [-0.2, 0) is 4.79 Å². The van der Waals surface area contributed by atoms with Crippen molar-refractivity contribution in [1.82, 2.24) is 4.90 Å². The first kappa shape index (κ1) is 20.1. The molecule has 28 heavy (non-hydrogen) atoms. The number of thioether (sulfide) groups is 1. The summed E-state index contributed by atoms with van der Waals surface area (Å²) in [5.41, 5.74) is 2.24. The third-order valence-corrected chi connectivity index (χ3v) is 5.60. The van der Waals surface area contributed by atoms with Crippen LogP contribution in [0, 0.1) is 17.0 Å². The highest BCUT2D eigenvalue weighted by Gasteiger charge is 2.22. The van der Waals surface area contributed by atoms with Crippen LogP contribution in [0.25, 0.3) is 6.08 Å². The van der Waals surface area contributed by atoms with Crippen LogP contribution in [0.15, 0.2) is 53.5 Å². The van der Waals surface area contributed by atoms with E-state index in [9.17, 15) is 14.9 Å². The largest absolute Gasteiger partial charge is 0.288 e. The molecule has 6 nitrogen and oxygen atoms in total. The quantitative estimate of drug-likeness (QED) is 0.389. The van der Waals surface area contributed by atoms with Crippen molar-refractivity contribution in [3.8, 4) is 0 Å². The van der Waals surface area contributed by atoms with Gasteiger partial charge in [-0.25, -0.2) is 4.99 Å². The van der Waals surface area contributed by atoms with E-state index in [-0.39, 0.29) is 11.6 Å². The highest BCUT2D eigenvalue weighted by atomic mass is 35.5. The van der Waals surface area contributed by atoms with Gasteiger partial charge < -0.3 is 0 Å². The Bertz CT molecular complexity index is 975. The first-order valence-corrected chi connectivity index (χ1v) is 10.0. The van der Waals surface area contributed by atoms with Gasteiger partial charge in [-0.3, -0.25) is 19.8 Å². The van der Waals surface area contributed by atoms with E-state index in [2.05, 4.69) is 4.99 Å². The molecule has 1 heterocycles. The van der Waals surface area contributed by atoms with Gasteiger partial charge in [0.25, 0.3) is 11.6 Å². The van der Waals surface area contributed by atoms with Gasteiger partial charge in [-0.05, 0) is 42.7 Å². The number of hydrogen-bond donors (Lipinski definition) is 0. The Labute approximate surface area is 172 Å². The molecule has 8 heteroatoms. The summed E-state index contributed by atoms with van der Waals surface area (Å²) in [5, 5.41) is 12.1. The molecule has 0 bridgehead atoms. The number of nitro groups is 1. The van der Waals surface area contributed by atoms with E-state index < -0.39 is 4.92 Å². The lowest BCUT2D eigenvalue weighted by atomic mass is 10.2. The van der Waals surface area contributed by atoms with Crippen molar-refractivity contribution >= 4 is 51.9 Å². The maximum absolute atomic E-state index is 12.7. The molecule has 1 amide bonds. The second-order valence-corrected chi connectivity index (χ2v) is 7.67. The topological polar surface area (TPSA) is 75.8 Å². The molecule has 1 saturated heterocycles. The summed E-state index contributed by atoms with van der Waals surface area (Å²) in [5.74, 6) is 0.673. The van der Waals surface area contributed by atoms with Crippen molar-refractivity contribution in [2.24, 2.45) is 4.99 Å². The van der Waals surface area contributed by atoms with Crippen molar-refractivity contribution in [2.45, 2.75) is 13.3 Å². The number of rotatable bonds is 4. The Balaban J connectivity index is 1.80. The number of hydrogen-bond acceptors (Lipinski definition) is 5. The Hall–Kier alpha value is -2.64. The SMILES string of the molecule is Cc1ccc(N=C2SCCCN2C(=O)/C=C/c2cccc([N+](=O)[O-])c2)cc1Cl. The zero-order chi connectivity index (χ0) is 20.1. The summed E-state index contributed by atoms with van der Waals surface area (Å²) in [6.45, 7) is 2.49. The van der Waals surface area contributed by atoms with Gasteiger partial charge in [-0.15, -0.1) is 0 Å². The zero-order valence-corrected chi connectivity index (χ0v) is 16.7. The van der Waals surface area contributed by atoms with Gasteiger partial charge >= 0.3 is 0 Å². The molecular formula is C20H18ClN3O3S. The number of benzene rings is 2. The summed E-state index contributed by atoms with van der Waals surface area (Å²) in [6, 6.07) is 11.7. The van der Waals surface area contributed by atoms with Crippen LogP contribution in [0.2, 0.25) is 5.02 Å². The van der Waals surface area contributed by atoms with Crippen molar-refractivity contribution in [2.75, 3.05) is 12.3 Å². The van der Waals surface area contributed by atoms with Gasteiger partial charge in [0.2, 0.25) is 0 Å². The number of amides is 1. The molecule has 0 spiro atoms. The number of carbonyl (C=O) groups excluding carboxylic acids is 1. The lowest BCUT2D eigenvalue weighted by Gasteiger charge is -2.26. The first-order valence-electron chi connectivity index (χ1n) is 8.66. The molecule has 0 atom stereocenters. The number of carbonyl (C=O) groups is 1. The fraction of sp³-hybridized carbons (Fsp3) is 0.200. The molecule has 0 aliphatic carbocycles. The molecule has 0 N–H and O–H groups in total. The van der Waals surface area contributed by atoms with Gasteiger partial charge in [-0.1, -0.05) is 41.6 Å². The van der Waals surface area contributed by atoms with Crippen molar-refractivity contribution < 1.29 is 9.72 Å². The van der Waals surface area contributed by atoms with Crippen molar-refractivity contribution in [3.05, 3.63) is 74.8 Å². The van der Waals surface area contributed by atoms with E-state index >= 15 is 0 Å². The molecular weight excluding hydrogens is 398 g/mol. The Morgan fingerprint density at radius 2 is 2.14 bits per heavy atom. The molecule has 0 saturated carbocycles. The summed E-state index contributed by atoms with van der Waals surface area (Å²) in [6.07, 6.45) is 3.87. The minimum Gasteiger partial charge on any atom is -0.288 e. The number of nitrogens with zero attached hydrogens (tertiary/aromatic N) is 3. The molecule has 1 aliphatic rings.